The minimum absolute atomic E-state index is 0.0664. The first-order chi connectivity index (χ1) is 8.49. The molecule has 1 aromatic rings. The van der Waals surface area contributed by atoms with Gasteiger partial charge in [-0.25, -0.2) is 0 Å². The second kappa shape index (κ2) is 6.79. The van der Waals surface area contributed by atoms with Gasteiger partial charge in [-0.05, 0) is 36.0 Å². The Morgan fingerprint density at radius 3 is 2.44 bits per heavy atom. The van der Waals surface area contributed by atoms with E-state index in [2.05, 4.69) is 19.2 Å². The molecule has 1 N–H and O–H groups in total. The van der Waals surface area contributed by atoms with Gasteiger partial charge in [0.05, 0.1) is 0 Å². The second-order valence-electron chi connectivity index (χ2n) is 4.91. The van der Waals surface area contributed by atoms with Gasteiger partial charge in [0, 0.05) is 17.1 Å². The van der Waals surface area contributed by atoms with Crippen molar-refractivity contribution in [3.63, 3.8) is 0 Å². The fourth-order valence-electron chi connectivity index (χ4n) is 2.03. The summed E-state index contributed by atoms with van der Waals surface area (Å²) in [7, 11) is 0. The molecule has 0 aromatic heterocycles. The molecule has 3 heteroatoms. The van der Waals surface area contributed by atoms with E-state index in [-0.39, 0.29) is 5.91 Å². The zero-order valence-electron chi connectivity index (χ0n) is 11.6. The number of anilines is 1. The number of nitrogens with one attached hydrogen (secondary N) is 1. The predicted molar refractivity (Wildman–Crippen MR) is 78.3 cm³/mol. The minimum atomic E-state index is 0.0664. The summed E-state index contributed by atoms with van der Waals surface area (Å²) in [4.78, 5) is 11.9. The first-order valence-corrected chi connectivity index (χ1v) is 6.97. The molecule has 0 radical (unpaired) electrons. The van der Waals surface area contributed by atoms with Gasteiger partial charge in [0.15, 0.2) is 0 Å². The number of rotatable bonds is 5. The highest BCUT2D eigenvalue weighted by Crippen LogP contribution is 2.29. The summed E-state index contributed by atoms with van der Waals surface area (Å²) in [6.45, 7) is 8.22. The van der Waals surface area contributed by atoms with Crippen molar-refractivity contribution in [3.8, 4) is 0 Å². The highest BCUT2D eigenvalue weighted by molar-refractivity contribution is 6.32. The lowest BCUT2D eigenvalue weighted by Gasteiger charge is -2.16. The van der Waals surface area contributed by atoms with Crippen molar-refractivity contribution in [3.05, 3.63) is 28.3 Å². The van der Waals surface area contributed by atoms with E-state index in [4.69, 9.17) is 11.6 Å². The Labute approximate surface area is 115 Å². The number of carbonyl (C=O) groups excluding carboxylic acids is 1. The second-order valence-corrected chi connectivity index (χ2v) is 5.32. The number of amides is 1. The van der Waals surface area contributed by atoms with E-state index in [1.54, 1.807) is 0 Å². The monoisotopic (exact) mass is 267 g/mol. The van der Waals surface area contributed by atoms with Crippen molar-refractivity contribution in [2.24, 2.45) is 5.92 Å². The first-order valence-electron chi connectivity index (χ1n) is 6.59. The van der Waals surface area contributed by atoms with E-state index >= 15 is 0 Å². The van der Waals surface area contributed by atoms with E-state index in [0.29, 0.717) is 12.3 Å². The summed E-state index contributed by atoms with van der Waals surface area (Å²) in [5.74, 6) is 0.427. The van der Waals surface area contributed by atoms with E-state index in [1.165, 1.54) is 0 Å². The average molecular weight is 268 g/mol. The molecule has 0 aliphatic carbocycles. The van der Waals surface area contributed by atoms with Crippen molar-refractivity contribution in [2.75, 3.05) is 5.32 Å². The van der Waals surface area contributed by atoms with E-state index in [9.17, 15) is 4.79 Å². The van der Waals surface area contributed by atoms with Gasteiger partial charge in [-0.1, -0.05) is 45.4 Å². The molecule has 100 valence electrons. The molecule has 0 spiro atoms. The van der Waals surface area contributed by atoms with Crippen molar-refractivity contribution < 1.29 is 4.79 Å². The van der Waals surface area contributed by atoms with Crippen LogP contribution < -0.4 is 5.32 Å². The smallest absolute Gasteiger partial charge is 0.224 e. The van der Waals surface area contributed by atoms with Crippen LogP contribution in [0.5, 0.6) is 0 Å². The number of hydrogen-bond acceptors (Lipinski definition) is 1. The molecule has 0 atom stereocenters. The number of benzene rings is 1. The standard InChI is InChI=1S/C15H22ClNO/c1-5-11-7-8-13(16)12(6-2)15(11)17-14(18)9-10(3)4/h7-8,10H,5-6,9H2,1-4H3,(H,17,18). The van der Waals surface area contributed by atoms with Gasteiger partial charge < -0.3 is 5.32 Å². The van der Waals surface area contributed by atoms with Crippen molar-refractivity contribution in [2.45, 2.75) is 47.0 Å². The van der Waals surface area contributed by atoms with Gasteiger partial charge >= 0.3 is 0 Å². The van der Waals surface area contributed by atoms with Crippen LogP contribution in [0.15, 0.2) is 12.1 Å². The molecule has 0 unspecified atom stereocenters. The molecule has 0 aliphatic heterocycles. The first kappa shape index (κ1) is 15.0. The molecular weight excluding hydrogens is 246 g/mol. The Kier molecular flexibility index (Phi) is 5.67. The fraction of sp³-hybridized carbons (Fsp3) is 0.533. The van der Waals surface area contributed by atoms with E-state index in [1.807, 2.05) is 26.0 Å². The lowest BCUT2D eigenvalue weighted by molar-refractivity contribution is -0.116. The topological polar surface area (TPSA) is 29.1 Å². The Morgan fingerprint density at radius 1 is 1.28 bits per heavy atom. The maximum absolute atomic E-state index is 11.9. The molecule has 0 heterocycles. The van der Waals surface area contributed by atoms with Crippen LogP contribution in [-0.4, -0.2) is 5.91 Å². The summed E-state index contributed by atoms with van der Waals surface area (Å²) in [5.41, 5.74) is 3.10. The largest absolute Gasteiger partial charge is 0.326 e. The van der Waals surface area contributed by atoms with Gasteiger partial charge in [-0.2, -0.15) is 0 Å². The number of aryl methyl sites for hydroxylation is 1. The van der Waals surface area contributed by atoms with Crippen LogP contribution in [0.25, 0.3) is 0 Å². The molecule has 0 fully saturated rings. The molecule has 1 amide bonds. The van der Waals surface area contributed by atoms with Crippen LogP contribution in [-0.2, 0) is 17.6 Å². The maximum Gasteiger partial charge on any atom is 0.224 e. The summed E-state index contributed by atoms with van der Waals surface area (Å²) in [6.07, 6.45) is 2.25. The quantitative estimate of drug-likeness (QED) is 0.839. The number of halogens is 1. The highest BCUT2D eigenvalue weighted by Gasteiger charge is 2.13. The molecule has 0 saturated carbocycles. The Hall–Kier alpha value is -1.02. The third-order valence-electron chi connectivity index (χ3n) is 2.93. The normalized spacial score (nSPS) is 10.8. The molecule has 2 nitrogen and oxygen atoms in total. The van der Waals surface area contributed by atoms with Crippen LogP contribution >= 0.6 is 11.6 Å². The molecule has 1 aromatic carbocycles. The van der Waals surface area contributed by atoms with E-state index < -0.39 is 0 Å². The Morgan fingerprint density at radius 2 is 1.94 bits per heavy atom. The fourth-order valence-corrected chi connectivity index (χ4v) is 2.32. The van der Waals surface area contributed by atoms with Crippen LogP contribution in [0.1, 0.15) is 45.2 Å². The number of hydrogen-bond donors (Lipinski definition) is 1. The SMILES string of the molecule is CCc1ccc(Cl)c(CC)c1NC(=O)CC(C)C. The van der Waals surface area contributed by atoms with Crippen molar-refractivity contribution >= 4 is 23.2 Å². The van der Waals surface area contributed by atoms with Crippen LogP contribution in [0.3, 0.4) is 0 Å². The summed E-state index contributed by atoms with van der Waals surface area (Å²) in [6, 6.07) is 3.91. The minimum Gasteiger partial charge on any atom is -0.326 e. The van der Waals surface area contributed by atoms with Gasteiger partial charge in [0.1, 0.15) is 0 Å². The molecule has 0 aliphatic rings. The summed E-state index contributed by atoms with van der Waals surface area (Å²) < 4.78 is 0. The highest BCUT2D eigenvalue weighted by atomic mass is 35.5. The van der Waals surface area contributed by atoms with Gasteiger partial charge in [0.25, 0.3) is 0 Å². The van der Waals surface area contributed by atoms with Crippen LogP contribution in [0, 0.1) is 5.92 Å². The van der Waals surface area contributed by atoms with Crippen LogP contribution in [0.2, 0.25) is 5.02 Å². The summed E-state index contributed by atoms with van der Waals surface area (Å²) in [5, 5.41) is 3.76. The average Bonchev–Trinajstić information content (AvgIpc) is 2.28. The third-order valence-corrected chi connectivity index (χ3v) is 3.29. The Balaban J connectivity index is 3.05. The number of carbonyl (C=O) groups is 1. The maximum atomic E-state index is 11.9. The molecule has 0 saturated heterocycles. The zero-order valence-corrected chi connectivity index (χ0v) is 12.4. The summed E-state index contributed by atoms with van der Waals surface area (Å²) >= 11 is 6.20. The van der Waals surface area contributed by atoms with Gasteiger partial charge in [-0.15, -0.1) is 0 Å². The Bertz CT molecular complexity index is 427. The molecule has 1 rings (SSSR count). The third kappa shape index (κ3) is 3.74. The molecule has 18 heavy (non-hydrogen) atoms. The van der Waals surface area contributed by atoms with E-state index in [0.717, 1.165) is 34.7 Å². The van der Waals surface area contributed by atoms with Crippen molar-refractivity contribution in [1.82, 2.24) is 0 Å². The molecular formula is C15H22ClNO. The van der Waals surface area contributed by atoms with Gasteiger partial charge in [-0.3, -0.25) is 4.79 Å². The van der Waals surface area contributed by atoms with Gasteiger partial charge in [0.2, 0.25) is 5.91 Å². The molecule has 0 bridgehead atoms. The van der Waals surface area contributed by atoms with Crippen LogP contribution in [0.4, 0.5) is 5.69 Å². The predicted octanol–water partition coefficient (Wildman–Crippen LogP) is 4.45. The lowest BCUT2D eigenvalue weighted by Crippen LogP contribution is -2.16. The van der Waals surface area contributed by atoms with Crippen molar-refractivity contribution in [1.29, 1.82) is 0 Å². The zero-order chi connectivity index (χ0) is 13.7. The lowest BCUT2D eigenvalue weighted by atomic mass is 10.0.